The lowest BCUT2D eigenvalue weighted by Gasteiger charge is -2.07. The number of primary amides is 1. The van der Waals surface area contributed by atoms with E-state index in [9.17, 15) is 13.6 Å². The standard InChI is InChI=1S/C15H12F2N2O/c1-7(15(18)20)8-2-3-9-10-5-11(16)12(17)6-14(10)19-13(9)4-8/h2-7,19H,1H3,(H2,18,20). The van der Waals surface area contributed by atoms with E-state index in [1.807, 2.05) is 0 Å². The van der Waals surface area contributed by atoms with Crippen LogP contribution in [0.25, 0.3) is 21.8 Å². The van der Waals surface area contributed by atoms with Crippen LogP contribution in [-0.2, 0) is 4.79 Å². The van der Waals surface area contributed by atoms with Crippen molar-refractivity contribution in [2.75, 3.05) is 0 Å². The van der Waals surface area contributed by atoms with E-state index in [0.717, 1.165) is 22.5 Å². The van der Waals surface area contributed by atoms with Gasteiger partial charge in [-0.25, -0.2) is 8.78 Å². The van der Waals surface area contributed by atoms with Crippen LogP contribution in [0.5, 0.6) is 0 Å². The molecule has 3 aromatic rings. The number of amides is 1. The summed E-state index contributed by atoms with van der Waals surface area (Å²) in [6.07, 6.45) is 0. The summed E-state index contributed by atoms with van der Waals surface area (Å²) >= 11 is 0. The van der Waals surface area contributed by atoms with E-state index >= 15 is 0 Å². The molecule has 2 aromatic carbocycles. The Hall–Kier alpha value is -2.43. The van der Waals surface area contributed by atoms with Crippen molar-refractivity contribution in [2.45, 2.75) is 12.8 Å². The maximum absolute atomic E-state index is 13.3. The number of hydrogen-bond acceptors (Lipinski definition) is 1. The van der Waals surface area contributed by atoms with Gasteiger partial charge in [0, 0.05) is 27.9 Å². The van der Waals surface area contributed by atoms with Gasteiger partial charge in [0.1, 0.15) is 0 Å². The maximum atomic E-state index is 13.3. The highest BCUT2D eigenvalue weighted by Crippen LogP contribution is 2.29. The zero-order valence-corrected chi connectivity index (χ0v) is 10.7. The molecule has 1 amide bonds. The lowest BCUT2D eigenvalue weighted by atomic mass is 9.99. The van der Waals surface area contributed by atoms with Crippen molar-refractivity contribution in [1.29, 1.82) is 0 Å². The van der Waals surface area contributed by atoms with Crippen LogP contribution in [0.1, 0.15) is 18.4 Å². The number of hydrogen-bond donors (Lipinski definition) is 2. The number of aromatic nitrogens is 1. The Morgan fingerprint density at radius 3 is 2.45 bits per heavy atom. The Labute approximate surface area is 113 Å². The molecule has 5 heteroatoms. The number of H-pyrrole nitrogens is 1. The van der Waals surface area contributed by atoms with Gasteiger partial charge in [0.05, 0.1) is 5.92 Å². The molecule has 0 saturated carbocycles. The van der Waals surface area contributed by atoms with Gasteiger partial charge < -0.3 is 10.7 Å². The number of carbonyl (C=O) groups excluding carboxylic acids is 1. The average Bonchev–Trinajstić information content (AvgIpc) is 2.75. The van der Waals surface area contributed by atoms with Crippen molar-refractivity contribution in [2.24, 2.45) is 5.73 Å². The highest BCUT2D eigenvalue weighted by molar-refractivity contribution is 6.07. The van der Waals surface area contributed by atoms with Crippen LogP contribution in [0.15, 0.2) is 30.3 Å². The van der Waals surface area contributed by atoms with Gasteiger partial charge in [-0.1, -0.05) is 12.1 Å². The van der Waals surface area contributed by atoms with Crippen molar-refractivity contribution in [3.05, 3.63) is 47.5 Å². The fraction of sp³-hybridized carbons (Fsp3) is 0.133. The number of halogens is 2. The smallest absolute Gasteiger partial charge is 0.224 e. The van der Waals surface area contributed by atoms with Crippen molar-refractivity contribution in [1.82, 2.24) is 4.98 Å². The molecular formula is C15H12F2N2O. The molecule has 0 aliphatic carbocycles. The van der Waals surface area contributed by atoms with Crippen LogP contribution in [-0.4, -0.2) is 10.9 Å². The van der Waals surface area contributed by atoms with Gasteiger partial charge in [-0.15, -0.1) is 0 Å². The number of fused-ring (bicyclic) bond motifs is 3. The Balaban J connectivity index is 2.26. The lowest BCUT2D eigenvalue weighted by molar-refractivity contribution is -0.119. The number of aromatic amines is 1. The van der Waals surface area contributed by atoms with Gasteiger partial charge in [-0.3, -0.25) is 4.79 Å². The van der Waals surface area contributed by atoms with E-state index in [-0.39, 0.29) is 0 Å². The van der Waals surface area contributed by atoms with Crippen molar-refractivity contribution in [3.8, 4) is 0 Å². The summed E-state index contributed by atoms with van der Waals surface area (Å²) in [7, 11) is 0. The van der Waals surface area contributed by atoms with Gasteiger partial charge in [0.15, 0.2) is 11.6 Å². The van der Waals surface area contributed by atoms with E-state index in [4.69, 9.17) is 5.73 Å². The monoisotopic (exact) mass is 274 g/mol. The summed E-state index contributed by atoms with van der Waals surface area (Å²) in [4.78, 5) is 14.2. The molecule has 20 heavy (non-hydrogen) atoms. The molecule has 0 spiro atoms. The zero-order valence-electron chi connectivity index (χ0n) is 10.7. The molecule has 0 bridgehead atoms. The molecule has 1 atom stereocenters. The third-order valence-electron chi connectivity index (χ3n) is 3.59. The van der Waals surface area contributed by atoms with E-state index in [1.54, 1.807) is 25.1 Å². The summed E-state index contributed by atoms with van der Waals surface area (Å²) in [6, 6.07) is 7.62. The van der Waals surface area contributed by atoms with E-state index in [1.165, 1.54) is 6.07 Å². The van der Waals surface area contributed by atoms with E-state index < -0.39 is 23.5 Å². The number of nitrogens with two attached hydrogens (primary N) is 1. The maximum Gasteiger partial charge on any atom is 0.224 e. The van der Waals surface area contributed by atoms with Crippen LogP contribution < -0.4 is 5.73 Å². The molecule has 0 saturated heterocycles. The summed E-state index contributed by atoms with van der Waals surface area (Å²) < 4.78 is 26.6. The minimum absolute atomic E-state index is 0.417. The molecule has 1 aromatic heterocycles. The third kappa shape index (κ3) is 1.82. The van der Waals surface area contributed by atoms with Gasteiger partial charge in [0.25, 0.3) is 0 Å². The Bertz CT molecular complexity index is 839. The number of benzene rings is 2. The molecule has 1 heterocycles. The zero-order chi connectivity index (χ0) is 14.4. The Morgan fingerprint density at radius 1 is 1.10 bits per heavy atom. The van der Waals surface area contributed by atoms with Crippen LogP contribution in [0.3, 0.4) is 0 Å². The molecule has 1 unspecified atom stereocenters. The molecule has 0 fully saturated rings. The second kappa shape index (κ2) is 4.30. The van der Waals surface area contributed by atoms with Crippen LogP contribution in [0.4, 0.5) is 8.78 Å². The first-order valence-corrected chi connectivity index (χ1v) is 6.17. The van der Waals surface area contributed by atoms with Crippen molar-refractivity contribution < 1.29 is 13.6 Å². The molecule has 3 N–H and O–H groups in total. The molecule has 3 rings (SSSR count). The SMILES string of the molecule is CC(C(N)=O)c1ccc2c(c1)[nH]c1cc(F)c(F)cc12. The highest BCUT2D eigenvalue weighted by atomic mass is 19.2. The summed E-state index contributed by atoms with van der Waals surface area (Å²) in [5.74, 6) is -2.61. The first-order valence-electron chi connectivity index (χ1n) is 6.17. The molecule has 0 aliphatic heterocycles. The first-order chi connectivity index (χ1) is 9.47. The van der Waals surface area contributed by atoms with Crippen LogP contribution in [0.2, 0.25) is 0 Å². The van der Waals surface area contributed by atoms with E-state index in [2.05, 4.69) is 4.98 Å². The van der Waals surface area contributed by atoms with Crippen LogP contribution in [0, 0.1) is 11.6 Å². The van der Waals surface area contributed by atoms with Gasteiger partial charge >= 0.3 is 0 Å². The number of rotatable bonds is 2. The van der Waals surface area contributed by atoms with Crippen LogP contribution >= 0.6 is 0 Å². The summed E-state index contributed by atoms with van der Waals surface area (Å²) in [6.45, 7) is 1.71. The quantitative estimate of drug-likeness (QED) is 0.740. The highest BCUT2D eigenvalue weighted by Gasteiger charge is 2.14. The predicted octanol–water partition coefficient (Wildman–Crippen LogP) is 3.19. The van der Waals surface area contributed by atoms with Gasteiger partial charge in [0.2, 0.25) is 5.91 Å². The van der Waals surface area contributed by atoms with Crippen molar-refractivity contribution in [3.63, 3.8) is 0 Å². The molecule has 0 aliphatic rings. The van der Waals surface area contributed by atoms with E-state index in [0.29, 0.717) is 10.9 Å². The first kappa shape index (κ1) is 12.6. The number of nitrogens with one attached hydrogen (secondary N) is 1. The largest absolute Gasteiger partial charge is 0.369 e. The third-order valence-corrected chi connectivity index (χ3v) is 3.59. The predicted molar refractivity (Wildman–Crippen MR) is 73.3 cm³/mol. The molecular weight excluding hydrogens is 262 g/mol. The number of carbonyl (C=O) groups is 1. The fourth-order valence-corrected chi connectivity index (χ4v) is 2.35. The van der Waals surface area contributed by atoms with Gasteiger partial charge in [-0.2, -0.15) is 0 Å². The average molecular weight is 274 g/mol. The summed E-state index contributed by atoms with van der Waals surface area (Å²) in [5.41, 5.74) is 7.27. The topological polar surface area (TPSA) is 58.9 Å². The summed E-state index contributed by atoms with van der Waals surface area (Å²) in [5, 5.41) is 1.39. The second-order valence-electron chi connectivity index (χ2n) is 4.87. The molecule has 102 valence electrons. The normalized spacial score (nSPS) is 12.9. The minimum Gasteiger partial charge on any atom is -0.369 e. The Kier molecular flexibility index (Phi) is 2.71. The minimum atomic E-state index is -0.894. The second-order valence-corrected chi connectivity index (χ2v) is 4.87. The van der Waals surface area contributed by atoms with Crippen molar-refractivity contribution >= 4 is 27.7 Å². The van der Waals surface area contributed by atoms with Gasteiger partial charge in [-0.05, 0) is 24.6 Å². The molecule has 3 nitrogen and oxygen atoms in total. The Morgan fingerprint density at radius 2 is 1.75 bits per heavy atom. The fourth-order valence-electron chi connectivity index (χ4n) is 2.35. The molecule has 0 radical (unpaired) electrons. The lowest BCUT2D eigenvalue weighted by Crippen LogP contribution is -2.18.